The Hall–Kier alpha value is -2.01. The van der Waals surface area contributed by atoms with Crippen molar-refractivity contribution >= 4 is 12.0 Å². The molecular weight excluding hydrogens is 224 g/mol. The summed E-state index contributed by atoms with van der Waals surface area (Å²) >= 11 is 0. The Morgan fingerprint density at radius 2 is 2.18 bits per heavy atom. The minimum atomic E-state index is -1.27. The van der Waals surface area contributed by atoms with E-state index < -0.39 is 5.97 Å². The molecule has 0 radical (unpaired) electrons. The number of carboxylic acid groups (broad SMARTS) is 1. The molecule has 5 nitrogen and oxygen atoms in total. The Morgan fingerprint density at radius 3 is 2.76 bits per heavy atom. The number of hydrogen-bond donors (Lipinski definition) is 0. The van der Waals surface area contributed by atoms with Crippen LogP contribution in [0.15, 0.2) is 24.3 Å². The molecule has 0 N–H and O–H groups in total. The van der Waals surface area contributed by atoms with Gasteiger partial charge in [-0.15, -0.1) is 0 Å². The summed E-state index contributed by atoms with van der Waals surface area (Å²) in [5, 5.41) is 10.3. The van der Waals surface area contributed by atoms with Gasteiger partial charge in [0.05, 0.1) is 13.1 Å². The van der Waals surface area contributed by atoms with Crippen molar-refractivity contribution in [2.24, 2.45) is 0 Å². The fourth-order valence-electron chi connectivity index (χ4n) is 1.28. The molecule has 0 aromatic heterocycles. The van der Waals surface area contributed by atoms with Gasteiger partial charge in [-0.1, -0.05) is 12.1 Å². The third kappa shape index (κ3) is 3.81. The van der Waals surface area contributed by atoms with Gasteiger partial charge in [0, 0.05) is 12.7 Å². The molecule has 0 saturated carbocycles. The first-order valence-corrected chi connectivity index (χ1v) is 4.87. The maximum absolute atomic E-state index is 10.3. The van der Waals surface area contributed by atoms with Crippen LogP contribution in [0.3, 0.4) is 0 Å². The van der Waals surface area contributed by atoms with Crippen molar-refractivity contribution in [3.8, 4) is 11.5 Å². The zero-order chi connectivity index (χ0) is 12.7. The van der Waals surface area contributed by atoms with Crippen molar-refractivity contribution in [3.63, 3.8) is 0 Å². The molecule has 0 aliphatic carbocycles. The summed E-state index contributed by atoms with van der Waals surface area (Å²) < 4.78 is 15.2. The molecule has 0 aliphatic rings. The van der Waals surface area contributed by atoms with Gasteiger partial charge < -0.3 is 24.1 Å². The summed E-state index contributed by atoms with van der Waals surface area (Å²) in [6.45, 7) is 0.0873. The van der Waals surface area contributed by atoms with Gasteiger partial charge >= 0.3 is 0 Å². The SMILES string of the molecule is COCOc1cccc(/C=C/C(=O)[O-])c1OC. The van der Waals surface area contributed by atoms with E-state index in [-0.39, 0.29) is 6.79 Å². The van der Waals surface area contributed by atoms with Crippen LogP contribution < -0.4 is 14.6 Å². The average molecular weight is 237 g/mol. The lowest BCUT2D eigenvalue weighted by atomic mass is 10.1. The molecule has 1 aromatic carbocycles. The number of ether oxygens (including phenoxy) is 3. The summed E-state index contributed by atoms with van der Waals surface area (Å²) in [5.41, 5.74) is 0.588. The normalized spacial score (nSPS) is 10.5. The number of aliphatic carboxylic acids is 1. The van der Waals surface area contributed by atoms with Crippen molar-refractivity contribution in [3.05, 3.63) is 29.8 Å². The quantitative estimate of drug-likeness (QED) is 0.530. The molecule has 0 unspecified atom stereocenters. The lowest BCUT2D eigenvalue weighted by molar-refractivity contribution is -0.297. The molecule has 0 bridgehead atoms. The summed E-state index contributed by atoms with van der Waals surface area (Å²) in [4.78, 5) is 10.3. The van der Waals surface area contributed by atoms with Crippen LogP contribution in [0, 0.1) is 0 Å². The maximum Gasteiger partial charge on any atom is 0.188 e. The summed E-state index contributed by atoms with van der Waals surface area (Å²) in [7, 11) is 2.98. The first-order chi connectivity index (χ1) is 8.19. The molecule has 0 amide bonds. The fraction of sp³-hybridized carbons (Fsp3) is 0.250. The number of para-hydroxylation sites is 1. The topological polar surface area (TPSA) is 67.8 Å². The van der Waals surface area contributed by atoms with Crippen molar-refractivity contribution < 1.29 is 24.1 Å². The van der Waals surface area contributed by atoms with Crippen molar-refractivity contribution in [1.29, 1.82) is 0 Å². The van der Waals surface area contributed by atoms with Crippen LogP contribution in [0.25, 0.3) is 6.08 Å². The highest BCUT2D eigenvalue weighted by Crippen LogP contribution is 2.31. The maximum atomic E-state index is 10.3. The van der Waals surface area contributed by atoms with E-state index in [1.54, 1.807) is 18.2 Å². The smallest absolute Gasteiger partial charge is 0.188 e. The van der Waals surface area contributed by atoms with Gasteiger partial charge in [0.25, 0.3) is 0 Å². The predicted molar refractivity (Wildman–Crippen MR) is 59.5 cm³/mol. The van der Waals surface area contributed by atoms with Crippen LogP contribution in [-0.2, 0) is 9.53 Å². The summed E-state index contributed by atoms with van der Waals surface area (Å²) in [5.74, 6) is -0.341. The second-order valence-corrected chi connectivity index (χ2v) is 3.08. The van der Waals surface area contributed by atoms with Crippen LogP contribution >= 0.6 is 0 Å². The van der Waals surface area contributed by atoms with Crippen LogP contribution in [0.1, 0.15) is 5.56 Å². The second kappa shape index (κ2) is 6.55. The number of hydrogen-bond acceptors (Lipinski definition) is 5. The van der Waals surface area contributed by atoms with E-state index in [4.69, 9.17) is 14.2 Å². The standard InChI is InChI=1S/C12H14O5/c1-15-8-17-10-5-3-4-9(12(10)16-2)6-7-11(13)14/h3-7H,8H2,1-2H3,(H,13,14)/p-1/b7-6+. The van der Waals surface area contributed by atoms with Crippen LogP contribution in [0.4, 0.5) is 0 Å². The number of carbonyl (C=O) groups excluding carboxylic acids is 1. The number of carbonyl (C=O) groups is 1. The third-order valence-electron chi connectivity index (χ3n) is 1.94. The monoisotopic (exact) mass is 237 g/mol. The van der Waals surface area contributed by atoms with Gasteiger partial charge in [0.15, 0.2) is 18.3 Å². The minimum Gasteiger partial charge on any atom is -0.545 e. The number of rotatable bonds is 6. The fourth-order valence-corrected chi connectivity index (χ4v) is 1.28. The Bertz CT molecular complexity index is 411. The van der Waals surface area contributed by atoms with E-state index in [2.05, 4.69) is 0 Å². The van der Waals surface area contributed by atoms with E-state index in [1.807, 2.05) is 0 Å². The predicted octanol–water partition coefficient (Wildman–Crippen LogP) is 0.441. The van der Waals surface area contributed by atoms with Crippen molar-refractivity contribution in [2.75, 3.05) is 21.0 Å². The molecule has 5 heteroatoms. The third-order valence-corrected chi connectivity index (χ3v) is 1.94. The molecule has 0 saturated heterocycles. The number of benzene rings is 1. The van der Waals surface area contributed by atoms with E-state index in [9.17, 15) is 9.90 Å². The summed E-state index contributed by atoms with van der Waals surface area (Å²) in [6, 6.07) is 5.13. The molecular formula is C12H13O5-. The molecule has 1 aromatic rings. The second-order valence-electron chi connectivity index (χ2n) is 3.08. The van der Waals surface area contributed by atoms with Gasteiger partial charge in [-0.2, -0.15) is 0 Å². The van der Waals surface area contributed by atoms with Crippen molar-refractivity contribution in [1.82, 2.24) is 0 Å². The number of carboxylic acids is 1. The highest BCUT2D eigenvalue weighted by Gasteiger charge is 2.07. The van der Waals surface area contributed by atoms with Gasteiger partial charge in [-0.05, 0) is 18.2 Å². The zero-order valence-corrected chi connectivity index (χ0v) is 9.64. The van der Waals surface area contributed by atoms with Gasteiger partial charge in [-0.3, -0.25) is 0 Å². The highest BCUT2D eigenvalue weighted by molar-refractivity contribution is 5.84. The van der Waals surface area contributed by atoms with Crippen molar-refractivity contribution in [2.45, 2.75) is 0 Å². The lowest BCUT2D eigenvalue weighted by Crippen LogP contribution is -2.18. The molecule has 92 valence electrons. The van der Waals surface area contributed by atoms with Gasteiger partial charge in [0.1, 0.15) is 0 Å². The Morgan fingerprint density at radius 1 is 1.41 bits per heavy atom. The molecule has 0 fully saturated rings. The van der Waals surface area contributed by atoms with Crippen LogP contribution in [-0.4, -0.2) is 27.0 Å². The minimum absolute atomic E-state index is 0.0873. The van der Waals surface area contributed by atoms with E-state index >= 15 is 0 Å². The van der Waals surface area contributed by atoms with Crippen LogP contribution in [0.5, 0.6) is 11.5 Å². The first kappa shape index (κ1) is 13.1. The number of methoxy groups -OCH3 is 2. The lowest BCUT2D eigenvalue weighted by Gasteiger charge is -2.12. The zero-order valence-electron chi connectivity index (χ0n) is 9.64. The van der Waals surface area contributed by atoms with Gasteiger partial charge in [0.2, 0.25) is 0 Å². The van der Waals surface area contributed by atoms with Crippen LogP contribution in [0.2, 0.25) is 0 Å². The summed E-state index contributed by atoms with van der Waals surface area (Å²) in [6.07, 6.45) is 2.31. The van der Waals surface area contributed by atoms with E-state index in [0.29, 0.717) is 17.1 Å². The van der Waals surface area contributed by atoms with E-state index in [0.717, 1.165) is 6.08 Å². The molecule has 1 rings (SSSR count). The Labute approximate surface area is 99.2 Å². The molecule has 0 atom stereocenters. The first-order valence-electron chi connectivity index (χ1n) is 4.87. The average Bonchev–Trinajstić information content (AvgIpc) is 2.33. The Balaban J connectivity index is 3.00. The van der Waals surface area contributed by atoms with E-state index in [1.165, 1.54) is 20.3 Å². The molecule has 0 aliphatic heterocycles. The van der Waals surface area contributed by atoms with Gasteiger partial charge in [-0.25, -0.2) is 0 Å². The Kier molecular flexibility index (Phi) is 5.03. The molecule has 0 spiro atoms. The largest absolute Gasteiger partial charge is 0.545 e. The molecule has 17 heavy (non-hydrogen) atoms. The highest BCUT2D eigenvalue weighted by atomic mass is 16.7. The molecule has 0 heterocycles.